The maximum absolute atomic E-state index is 3.59. The Hall–Kier alpha value is -1.34. The second-order valence-electron chi connectivity index (χ2n) is 5.86. The van der Waals surface area contributed by atoms with Crippen molar-refractivity contribution >= 4 is 38.9 Å². The summed E-state index contributed by atoms with van der Waals surface area (Å²) in [6.45, 7) is 0. The molecule has 0 bridgehead atoms. The molecule has 2 aliphatic carbocycles. The van der Waals surface area contributed by atoms with Crippen LogP contribution in [0, 0.1) is 0 Å². The van der Waals surface area contributed by atoms with E-state index < -0.39 is 0 Å². The highest BCUT2D eigenvalue weighted by Crippen LogP contribution is 2.48. The fourth-order valence-corrected chi connectivity index (χ4v) is 4.11. The molecule has 0 spiro atoms. The van der Waals surface area contributed by atoms with Gasteiger partial charge in [0, 0.05) is 10.7 Å². The highest BCUT2D eigenvalue weighted by molar-refractivity contribution is 9.09. The number of alkyl halides is 1. The van der Waals surface area contributed by atoms with Crippen molar-refractivity contribution in [2.24, 2.45) is 0 Å². The summed E-state index contributed by atoms with van der Waals surface area (Å²) in [6.07, 6.45) is 13.0. The molecule has 0 aliphatic heterocycles. The minimum Gasteiger partial charge on any atom is -0.0928 e. The first-order valence-electron chi connectivity index (χ1n) is 7.32. The summed E-state index contributed by atoms with van der Waals surface area (Å²) < 4.78 is 0. The van der Waals surface area contributed by atoms with Crippen LogP contribution in [-0.4, -0.2) is 5.33 Å². The molecular formula is C19H17Br. The average molecular weight is 325 g/mol. The Morgan fingerprint density at radius 2 is 2.00 bits per heavy atom. The van der Waals surface area contributed by atoms with E-state index in [2.05, 4.69) is 70.6 Å². The van der Waals surface area contributed by atoms with Gasteiger partial charge in [0.15, 0.2) is 0 Å². The SMILES string of the molecule is BrCCCC12C=Cc3cccc4ccc(c1c34)C=CC2. The van der Waals surface area contributed by atoms with Crippen LogP contribution in [0.1, 0.15) is 36.0 Å². The number of rotatable bonds is 3. The van der Waals surface area contributed by atoms with Crippen molar-refractivity contribution < 1.29 is 0 Å². The molecule has 4 rings (SSSR count). The summed E-state index contributed by atoms with van der Waals surface area (Å²) in [7, 11) is 0. The van der Waals surface area contributed by atoms with Gasteiger partial charge >= 0.3 is 0 Å². The third-order valence-electron chi connectivity index (χ3n) is 4.73. The molecule has 0 heterocycles. The molecule has 0 nitrogen and oxygen atoms in total. The lowest BCUT2D eigenvalue weighted by atomic mass is 9.65. The van der Waals surface area contributed by atoms with Gasteiger partial charge in [-0.3, -0.25) is 0 Å². The number of benzene rings is 2. The maximum Gasteiger partial charge on any atom is 0.0182 e. The lowest BCUT2D eigenvalue weighted by Gasteiger charge is -2.38. The number of allylic oxidation sites excluding steroid dienone is 2. The second kappa shape index (κ2) is 4.60. The van der Waals surface area contributed by atoms with Crippen molar-refractivity contribution in [2.45, 2.75) is 24.7 Å². The normalized spacial score (nSPS) is 22.4. The Bertz CT molecular complexity index is 739. The molecule has 0 amide bonds. The Labute approximate surface area is 128 Å². The first-order chi connectivity index (χ1) is 9.84. The van der Waals surface area contributed by atoms with Gasteiger partial charge in [0.05, 0.1) is 0 Å². The van der Waals surface area contributed by atoms with Crippen LogP contribution in [0.2, 0.25) is 0 Å². The summed E-state index contributed by atoms with van der Waals surface area (Å²) in [5.74, 6) is 0. The van der Waals surface area contributed by atoms with Gasteiger partial charge < -0.3 is 0 Å². The van der Waals surface area contributed by atoms with Crippen LogP contribution in [0.5, 0.6) is 0 Å². The van der Waals surface area contributed by atoms with Gasteiger partial charge in [-0.2, -0.15) is 0 Å². The van der Waals surface area contributed by atoms with Crippen LogP contribution in [-0.2, 0) is 5.41 Å². The standard InChI is InChI=1S/C19H17Br/c20-13-3-11-19-10-2-6-16-8-7-14-4-1-5-15(9-12-19)17(14)18(16)19/h1-2,4-9,12H,3,10-11,13H2. The Morgan fingerprint density at radius 1 is 1.05 bits per heavy atom. The van der Waals surface area contributed by atoms with Gasteiger partial charge in [-0.15, -0.1) is 0 Å². The summed E-state index contributed by atoms with van der Waals surface area (Å²) in [4.78, 5) is 0. The van der Waals surface area contributed by atoms with E-state index in [1.165, 1.54) is 34.7 Å². The van der Waals surface area contributed by atoms with Crippen LogP contribution in [0.3, 0.4) is 0 Å². The molecule has 2 aromatic rings. The molecule has 1 unspecified atom stereocenters. The molecule has 100 valence electrons. The number of hydrogen-bond donors (Lipinski definition) is 0. The van der Waals surface area contributed by atoms with Crippen LogP contribution in [0.4, 0.5) is 0 Å². The van der Waals surface area contributed by atoms with Gasteiger partial charge in [-0.05, 0) is 46.7 Å². The van der Waals surface area contributed by atoms with E-state index in [1.807, 2.05) is 0 Å². The highest BCUT2D eigenvalue weighted by Gasteiger charge is 2.35. The molecule has 2 aromatic carbocycles. The van der Waals surface area contributed by atoms with E-state index in [9.17, 15) is 0 Å². The molecule has 0 aromatic heterocycles. The lowest BCUT2D eigenvalue weighted by Crippen LogP contribution is -2.28. The van der Waals surface area contributed by atoms with Gasteiger partial charge in [0.1, 0.15) is 0 Å². The molecule has 0 radical (unpaired) electrons. The molecular weight excluding hydrogens is 308 g/mol. The topological polar surface area (TPSA) is 0 Å². The zero-order chi connectivity index (χ0) is 13.6. The van der Waals surface area contributed by atoms with Crippen molar-refractivity contribution in [1.29, 1.82) is 0 Å². The molecule has 0 saturated carbocycles. The van der Waals surface area contributed by atoms with E-state index in [-0.39, 0.29) is 5.41 Å². The minimum absolute atomic E-state index is 0.214. The Kier molecular flexibility index (Phi) is 2.85. The summed E-state index contributed by atoms with van der Waals surface area (Å²) in [5, 5.41) is 3.94. The molecule has 1 atom stereocenters. The van der Waals surface area contributed by atoms with Gasteiger partial charge in [0.2, 0.25) is 0 Å². The van der Waals surface area contributed by atoms with E-state index in [0.29, 0.717) is 0 Å². The molecule has 2 aliphatic rings. The quantitative estimate of drug-likeness (QED) is 0.635. The summed E-state index contributed by atoms with van der Waals surface area (Å²) in [5.41, 5.74) is 4.57. The smallest absolute Gasteiger partial charge is 0.0182 e. The average Bonchev–Trinajstić information content (AvgIpc) is 2.51. The largest absolute Gasteiger partial charge is 0.0928 e. The predicted octanol–water partition coefficient (Wildman–Crippen LogP) is 5.70. The molecule has 0 N–H and O–H groups in total. The monoisotopic (exact) mass is 324 g/mol. The summed E-state index contributed by atoms with van der Waals surface area (Å²) >= 11 is 3.59. The van der Waals surface area contributed by atoms with Crippen LogP contribution in [0.25, 0.3) is 22.9 Å². The van der Waals surface area contributed by atoms with E-state index in [4.69, 9.17) is 0 Å². The molecule has 20 heavy (non-hydrogen) atoms. The lowest BCUT2D eigenvalue weighted by molar-refractivity contribution is 0.491. The van der Waals surface area contributed by atoms with Crippen molar-refractivity contribution in [3.05, 3.63) is 59.2 Å². The minimum atomic E-state index is 0.214. The fourth-order valence-electron chi connectivity index (χ4n) is 3.83. The maximum atomic E-state index is 3.59. The van der Waals surface area contributed by atoms with Crippen LogP contribution >= 0.6 is 15.9 Å². The van der Waals surface area contributed by atoms with Gasteiger partial charge in [-0.1, -0.05) is 70.6 Å². The fraction of sp³-hybridized carbons (Fsp3) is 0.263. The molecule has 0 fully saturated rings. The van der Waals surface area contributed by atoms with Crippen molar-refractivity contribution in [3.63, 3.8) is 0 Å². The summed E-state index contributed by atoms with van der Waals surface area (Å²) in [6, 6.07) is 11.2. The first-order valence-corrected chi connectivity index (χ1v) is 8.44. The van der Waals surface area contributed by atoms with E-state index in [0.717, 1.165) is 11.8 Å². The number of halogens is 1. The number of hydrogen-bond acceptors (Lipinski definition) is 0. The van der Waals surface area contributed by atoms with Crippen molar-refractivity contribution in [3.8, 4) is 0 Å². The van der Waals surface area contributed by atoms with E-state index >= 15 is 0 Å². The predicted molar refractivity (Wildman–Crippen MR) is 91.3 cm³/mol. The second-order valence-corrected chi connectivity index (χ2v) is 6.66. The van der Waals surface area contributed by atoms with Crippen molar-refractivity contribution in [2.75, 3.05) is 5.33 Å². The zero-order valence-electron chi connectivity index (χ0n) is 11.4. The van der Waals surface area contributed by atoms with Crippen LogP contribution in [0.15, 0.2) is 42.5 Å². The van der Waals surface area contributed by atoms with Gasteiger partial charge in [-0.25, -0.2) is 0 Å². The highest BCUT2D eigenvalue weighted by atomic mass is 79.9. The van der Waals surface area contributed by atoms with Gasteiger partial charge in [0.25, 0.3) is 0 Å². The molecule has 1 heteroatoms. The Morgan fingerprint density at radius 3 is 2.90 bits per heavy atom. The van der Waals surface area contributed by atoms with Crippen LogP contribution < -0.4 is 0 Å². The third-order valence-corrected chi connectivity index (χ3v) is 5.29. The third kappa shape index (κ3) is 1.66. The molecule has 0 saturated heterocycles. The van der Waals surface area contributed by atoms with Crippen molar-refractivity contribution in [1.82, 2.24) is 0 Å². The van der Waals surface area contributed by atoms with E-state index in [1.54, 1.807) is 5.56 Å². The Balaban J connectivity index is 2.05. The zero-order valence-corrected chi connectivity index (χ0v) is 13.0. The first kappa shape index (κ1) is 12.4.